The Morgan fingerprint density at radius 2 is 2.24 bits per heavy atom. The molecule has 0 fully saturated rings. The van der Waals surface area contributed by atoms with Crippen LogP contribution in [0.3, 0.4) is 0 Å². The van der Waals surface area contributed by atoms with Crippen molar-refractivity contribution in [1.82, 2.24) is 20.1 Å². The van der Waals surface area contributed by atoms with Gasteiger partial charge in [-0.1, -0.05) is 0 Å². The largest absolute Gasteiger partial charge is 0.463 e. The SMILES string of the molecule is Cc1nc(-c2ccco2)ccc1C(=O)N[C@@H]1CCCc2c1cnn2C. The number of nitrogens with zero attached hydrogens (tertiary/aromatic N) is 3. The third kappa shape index (κ3) is 2.84. The summed E-state index contributed by atoms with van der Waals surface area (Å²) in [6.07, 6.45) is 6.47. The highest BCUT2D eigenvalue weighted by atomic mass is 16.3. The van der Waals surface area contributed by atoms with Crippen molar-refractivity contribution in [1.29, 1.82) is 0 Å². The van der Waals surface area contributed by atoms with Gasteiger partial charge < -0.3 is 9.73 Å². The highest BCUT2D eigenvalue weighted by Crippen LogP contribution is 2.29. The number of pyridine rings is 1. The Bertz CT molecular complexity index is 912. The second-order valence-electron chi connectivity index (χ2n) is 6.40. The molecule has 0 radical (unpaired) electrons. The smallest absolute Gasteiger partial charge is 0.253 e. The first kappa shape index (κ1) is 15.6. The second-order valence-corrected chi connectivity index (χ2v) is 6.40. The Hall–Kier alpha value is -2.89. The summed E-state index contributed by atoms with van der Waals surface area (Å²) in [5.41, 5.74) is 4.34. The van der Waals surface area contributed by atoms with Gasteiger partial charge in [0.1, 0.15) is 5.69 Å². The topological polar surface area (TPSA) is 73.0 Å². The Morgan fingerprint density at radius 3 is 3.00 bits per heavy atom. The van der Waals surface area contributed by atoms with Crippen LogP contribution in [0, 0.1) is 6.92 Å². The minimum Gasteiger partial charge on any atom is -0.463 e. The molecule has 4 rings (SSSR count). The maximum Gasteiger partial charge on any atom is 0.253 e. The fourth-order valence-corrected chi connectivity index (χ4v) is 3.45. The van der Waals surface area contributed by atoms with Crippen LogP contribution < -0.4 is 5.32 Å². The van der Waals surface area contributed by atoms with Crippen molar-refractivity contribution in [3.8, 4) is 11.5 Å². The number of fused-ring (bicyclic) bond motifs is 1. The molecular weight excluding hydrogens is 316 g/mol. The molecule has 6 heteroatoms. The van der Waals surface area contributed by atoms with Crippen molar-refractivity contribution >= 4 is 5.91 Å². The van der Waals surface area contributed by atoms with E-state index in [0.29, 0.717) is 17.0 Å². The van der Waals surface area contributed by atoms with Crippen molar-refractivity contribution in [3.63, 3.8) is 0 Å². The summed E-state index contributed by atoms with van der Waals surface area (Å²) in [7, 11) is 1.95. The molecule has 1 aliphatic carbocycles. The molecule has 0 saturated heterocycles. The summed E-state index contributed by atoms with van der Waals surface area (Å²) < 4.78 is 7.27. The minimum atomic E-state index is -0.0994. The van der Waals surface area contributed by atoms with Crippen molar-refractivity contribution in [2.24, 2.45) is 7.05 Å². The standard InChI is InChI=1S/C19H20N4O2/c1-12-13(8-9-16(21-12)18-7-4-10-25-18)19(24)22-15-5-3-6-17-14(15)11-20-23(17)2/h4,7-11,15H,3,5-6H2,1-2H3,(H,22,24)/t15-/m1/s1. The lowest BCUT2D eigenvalue weighted by Crippen LogP contribution is -2.31. The summed E-state index contributed by atoms with van der Waals surface area (Å²) >= 11 is 0. The number of aryl methyl sites for hydroxylation is 2. The van der Waals surface area contributed by atoms with Crippen molar-refractivity contribution in [2.75, 3.05) is 0 Å². The normalized spacial score (nSPS) is 16.5. The lowest BCUT2D eigenvalue weighted by atomic mass is 9.92. The third-order valence-electron chi connectivity index (χ3n) is 4.79. The highest BCUT2D eigenvalue weighted by molar-refractivity contribution is 5.95. The molecule has 3 aromatic heterocycles. The quantitative estimate of drug-likeness (QED) is 0.797. The average Bonchev–Trinajstić information content (AvgIpc) is 3.26. The average molecular weight is 336 g/mol. The zero-order valence-electron chi connectivity index (χ0n) is 14.3. The summed E-state index contributed by atoms with van der Waals surface area (Å²) in [5, 5.41) is 7.47. The van der Waals surface area contributed by atoms with Crippen LogP contribution in [-0.4, -0.2) is 20.7 Å². The fourth-order valence-electron chi connectivity index (χ4n) is 3.45. The number of hydrogen-bond acceptors (Lipinski definition) is 4. The van der Waals surface area contributed by atoms with E-state index in [1.807, 2.05) is 49.1 Å². The molecule has 0 spiro atoms. The van der Waals surface area contributed by atoms with Gasteiger partial charge in [-0.05, 0) is 50.5 Å². The van der Waals surface area contributed by atoms with Crippen LogP contribution in [0.1, 0.15) is 46.2 Å². The van der Waals surface area contributed by atoms with Crippen LogP contribution in [0.4, 0.5) is 0 Å². The van der Waals surface area contributed by atoms with Gasteiger partial charge in [-0.2, -0.15) is 5.10 Å². The molecule has 1 N–H and O–H groups in total. The lowest BCUT2D eigenvalue weighted by molar-refractivity contribution is 0.0931. The van der Waals surface area contributed by atoms with E-state index in [-0.39, 0.29) is 11.9 Å². The molecule has 0 saturated carbocycles. The van der Waals surface area contributed by atoms with Crippen LogP contribution >= 0.6 is 0 Å². The minimum absolute atomic E-state index is 0.00843. The van der Waals surface area contributed by atoms with E-state index in [1.54, 1.807) is 6.26 Å². The summed E-state index contributed by atoms with van der Waals surface area (Å²) in [6.45, 7) is 1.84. The first-order valence-corrected chi connectivity index (χ1v) is 8.46. The van der Waals surface area contributed by atoms with Gasteiger partial charge in [0.2, 0.25) is 0 Å². The number of nitrogens with one attached hydrogen (secondary N) is 1. The van der Waals surface area contributed by atoms with Gasteiger partial charge >= 0.3 is 0 Å². The van der Waals surface area contributed by atoms with E-state index in [9.17, 15) is 4.79 Å². The monoisotopic (exact) mass is 336 g/mol. The molecule has 0 aliphatic heterocycles. The van der Waals surface area contributed by atoms with E-state index in [1.165, 1.54) is 5.69 Å². The van der Waals surface area contributed by atoms with Gasteiger partial charge in [0.05, 0.1) is 29.8 Å². The van der Waals surface area contributed by atoms with E-state index in [0.717, 1.165) is 30.5 Å². The van der Waals surface area contributed by atoms with Gasteiger partial charge in [0, 0.05) is 18.3 Å². The number of carbonyl (C=O) groups is 1. The molecule has 128 valence electrons. The molecule has 1 atom stereocenters. The van der Waals surface area contributed by atoms with Gasteiger partial charge in [0.25, 0.3) is 5.91 Å². The number of hydrogen-bond donors (Lipinski definition) is 1. The van der Waals surface area contributed by atoms with Crippen LogP contribution in [-0.2, 0) is 13.5 Å². The molecule has 0 bridgehead atoms. The van der Waals surface area contributed by atoms with E-state index in [4.69, 9.17) is 4.42 Å². The molecule has 3 aromatic rings. The molecule has 1 amide bonds. The Balaban J connectivity index is 1.56. The zero-order chi connectivity index (χ0) is 17.4. The predicted octanol–water partition coefficient (Wildman–Crippen LogP) is 3.19. The van der Waals surface area contributed by atoms with E-state index < -0.39 is 0 Å². The van der Waals surface area contributed by atoms with Crippen LogP contribution in [0.25, 0.3) is 11.5 Å². The van der Waals surface area contributed by atoms with Gasteiger partial charge in [0.15, 0.2) is 5.76 Å². The van der Waals surface area contributed by atoms with Crippen LogP contribution in [0.15, 0.2) is 41.1 Å². The number of amides is 1. The van der Waals surface area contributed by atoms with Crippen molar-refractivity contribution in [3.05, 3.63) is 59.2 Å². The molecule has 25 heavy (non-hydrogen) atoms. The van der Waals surface area contributed by atoms with E-state index in [2.05, 4.69) is 15.4 Å². The molecule has 0 unspecified atom stereocenters. The Labute approximate surface area is 145 Å². The number of aromatic nitrogens is 3. The molecular formula is C19H20N4O2. The molecule has 6 nitrogen and oxygen atoms in total. The summed E-state index contributed by atoms with van der Waals surface area (Å²) in [5.74, 6) is 0.597. The molecule has 1 aliphatic rings. The maximum absolute atomic E-state index is 12.7. The van der Waals surface area contributed by atoms with Crippen molar-refractivity contribution < 1.29 is 9.21 Å². The summed E-state index contributed by atoms with van der Waals surface area (Å²) in [4.78, 5) is 17.3. The van der Waals surface area contributed by atoms with Gasteiger partial charge in [-0.25, -0.2) is 4.98 Å². The van der Waals surface area contributed by atoms with E-state index >= 15 is 0 Å². The molecule has 0 aromatic carbocycles. The van der Waals surface area contributed by atoms with Crippen molar-refractivity contribution in [2.45, 2.75) is 32.2 Å². The Kier molecular flexibility index (Phi) is 3.87. The van der Waals surface area contributed by atoms with Crippen LogP contribution in [0.2, 0.25) is 0 Å². The van der Waals surface area contributed by atoms with Gasteiger partial charge in [-0.3, -0.25) is 9.48 Å². The second kappa shape index (κ2) is 6.20. The number of rotatable bonds is 3. The summed E-state index contributed by atoms with van der Waals surface area (Å²) in [6, 6.07) is 7.31. The number of furan rings is 1. The highest BCUT2D eigenvalue weighted by Gasteiger charge is 2.25. The maximum atomic E-state index is 12.7. The first-order valence-electron chi connectivity index (χ1n) is 8.46. The number of carbonyl (C=O) groups excluding carboxylic acids is 1. The fraction of sp³-hybridized carbons (Fsp3) is 0.316. The third-order valence-corrected chi connectivity index (χ3v) is 4.79. The zero-order valence-corrected chi connectivity index (χ0v) is 14.3. The predicted molar refractivity (Wildman–Crippen MR) is 93.0 cm³/mol. The lowest BCUT2D eigenvalue weighted by Gasteiger charge is -2.24. The molecule has 3 heterocycles. The first-order chi connectivity index (χ1) is 12.1. The Morgan fingerprint density at radius 1 is 1.36 bits per heavy atom. The van der Waals surface area contributed by atoms with Gasteiger partial charge in [-0.15, -0.1) is 0 Å². The van der Waals surface area contributed by atoms with Crippen LogP contribution in [0.5, 0.6) is 0 Å².